The zero-order chi connectivity index (χ0) is 18.7. The fourth-order valence-corrected chi connectivity index (χ4v) is 4.21. The highest BCUT2D eigenvalue weighted by molar-refractivity contribution is 7.13. The highest BCUT2D eigenvalue weighted by Crippen LogP contribution is 2.25. The van der Waals surface area contributed by atoms with Crippen molar-refractivity contribution in [2.45, 2.75) is 27.2 Å². The molecule has 1 saturated heterocycles. The molecule has 0 saturated carbocycles. The van der Waals surface area contributed by atoms with E-state index in [4.69, 9.17) is 0 Å². The summed E-state index contributed by atoms with van der Waals surface area (Å²) in [5, 5.41) is 10.2. The van der Waals surface area contributed by atoms with Gasteiger partial charge in [0.05, 0.1) is 22.0 Å². The summed E-state index contributed by atoms with van der Waals surface area (Å²) in [7, 11) is 0. The minimum Gasteiger partial charge on any atom is -0.367 e. The van der Waals surface area contributed by atoms with Crippen LogP contribution in [0.5, 0.6) is 0 Å². The minimum atomic E-state index is 0.0967. The van der Waals surface area contributed by atoms with Crippen molar-refractivity contribution in [3.63, 3.8) is 0 Å². The first kappa shape index (κ1) is 18.4. The van der Waals surface area contributed by atoms with E-state index in [1.807, 2.05) is 36.1 Å². The molecule has 5 nitrogen and oxygen atoms in total. The molecule has 0 bridgehead atoms. The molecule has 1 aromatic heterocycles. The van der Waals surface area contributed by atoms with Crippen molar-refractivity contribution in [3.05, 3.63) is 45.4 Å². The summed E-state index contributed by atoms with van der Waals surface area (Å²) in [6, 6.07) is 9.90. The van der Waals surface area contributed by atoms with Gasteiger partial charge in [-0.2, -0.15) is 5.26 Å². The number of carbonyl (C=O) groups is 1. The van der Waals surface area contributed by atoms with E-state index in [1.54, 1.807) is 0 Å². The van der Waals surface area contributed by atoms with Crippen LogP contribution in [0.2, 0.25) is 0 Å². The maximum atomic E-state index is 13.0. The largest absolute Gasteiger partial charge is 0.367 e. The predicted molar refractivity (Wildman–Crippen MR) is 105 cm³/mol. The van der Waals surface area contributed by atoms with Crippen LogP contribution >= 0.6 is 11.3 Å². The number of hydrogen-bond donors (Lipinski definition) is 0. The van der Waals surface area contributed by atoms with Gasteiger partial charge in [-0.25, -0.2) is 4.98 Å². The van der Waals surface area contributed by atoms with E-state index in [1.165, 1.54) is 11.3 Å². The Balaban J connectivity index is 1.71. The maximum absolute atomic E-state index is 13.0. The van der Waals surface area contributed by atoms with E-state index in [2.05, 4.69) is 29.8 Å². The lowest BCUT2D eigenvalue weighted by Crippen LogP contribution is -2.49. The summed E-state index contributed by atoms with van der Waals surface area (Å²) >= 11 is 1.50. The Kier molecular flexibility index (Phi) is 5.58. The molecular formula is C20H24N4OS. The highest BCUT2D eigenvalue weighted by atomic mass is 32.1. The number of nitriles is 1. The molecule has 1 fully saturated rings. The molecule has 1 amide bonds. The number of thiazole rings is 1. The van der Waals surface area contributed by atoms with Gasteiger partial charge in [-0.05, 0) is 31.4 Å². The topological polar surface area (TPSA) is 60.2 Å². The number of hydrogen-bond acceptors (Lipinski definition) is 5. The number of anilines is 1. The second kappa shape index (κ2) is 7.88. The Morgan fingerprint density at radius 1 is 1.27 bits per heavy atom. The molecule has 6 heteroatoms. The van der Waals surface area contributed by atoms with Crippen molar-refractivity contribution >= 4 is 22.9 Å². The van der Waals surface area contributed by atoms with Gasteiger partial charge in [-0.3, -0.25) is 4.79 Å². The number of carbonyl (C=O) groups excluding carboxylic acids is 1. The Morgan fingerprint density at radius 2 is 1.96 bits per heavy atom. The zero-order valence-corrected chi connectivity index (χ0v) is 16.3. The normalized spacial score (nSPS) is 14.6. The highest BCUT2D eigenvalue weighted by Gasteiger charge is 2.27. The lowest BCUT2D eigenvalue weighted by atomic mass is 10.1. The second-order valence-electron chi connectivity index (χ2n) is 7.01. The number of amides is 1. The fourth-order valence-electron chi connectivity index (χ4n) is 3.30. The number of nitrogens with zero attached hydrogens (tertiary/aromatic N) is 4. The van der Waals surface area contributed by atoms with E-state index in [9.17, 15) is 10.1 Å². The molecule has 0 radical (unpaired) electrons. The maximum Gasteiger partial charge on any atom is 0.265 e. The molecule has 1 aliphatic rings. The zero-order valence-electron chi connectivity index (χ0n) is 15.5. The Hall–Kier alpha value is -2.39. The van der Waals surface area contributed by atoms with Gasteiger partial charge >= 0.3 is 0 Å². The van der Waals surface area contributed by atoms with Crippen LogP contribution in [0.4, 0.5) is 5.69 Å². The van der Waals surface area contributed by atoms with Gasteiger partial charge in [-0.1, -0.05) is 26.0 Å². The number of piperazine rings is 1. The quantitative estimate of drug-likeness (QED) is 0.829. The number of aryl methyl sites for hydroxylation is 1. The lowest BCUT2D eigenvalue weighted by molar-refractivity contribution is 0.0750. The van der Waals surface area contributed by atoms with Gasteiger partial charge in [-0.15, -0.1) is 11.3 Å². The first-order valence-corrected chi connectivity index (χ1v) is 9.81. The third-order valence-corrected chi connectivity index (χ3v) is 5.53. The van der Waals surface area contributed by atoms with Gasteiger partial charge < -0.3 is 9.80 Å². The summed E-state index contributed by atoms with van der Waals surface area (Å²) in [6.07, 6.45) is 0.834. The van der Waals surface area contributed by atoms with Gasteiger partial charge in [0.1, 0.15) is 10.9 Å². The molecule has 0 unspecified atom stereocenters. The van der Waals surface area contributed by atoms with E-state index >= 15 is 0 Å². The molecule has 1 aliphatic heterocycles. The molecule has 0 aliphatic carbocycles. The monoisotopic (exact) mass is 368 g/mol. The molecule has 136 valence electrons. The molecular weight excluding hydrogens is 344 g/mol. The summed E-state index contributed by atoms with van der Waals surface area (Å²) < 4.78 is 0. The third kappa shape index (κ3) is 3.88. The molecule has 0 atom stereocenters. The van der Waals surface area contributed by atoms with Gasteiger partial charge in [0.2, 0.25) is 0 Å². The predicted octanol–water partition coefficient (Wildman–Crippen LogP) is 3.48. The molecule has 2 aromatic rings. The molecule has 26 heavy (non-hydrogen) atoms. The molecule has 1 aromatic carbocycles. The standard InChI is InChI=1S/C20H24N4OS/c1-14(2)12-17-19(26-15(3)22-17)20(25)24-10-8-23(9-11-24)18-7-5-4-6-16(18)13-21/h4-7,14H,8-12H2,1-3H3. The number of rotatable bonds is 4. The molecule has 2 heterocycles. The minimum absolute atomic E-state index is 0.0967. The number of aromatic nitrogens is 1. The summed E-state index contributed by atoms with van der Waals surface area (Å²) in [5.41, 5.74) is 2.57. The average Bonchev–Trinajstić information content (AvgIpc) is 3.00. The summed E-state index contributed by atoms with van der Waals surface area (Å²) in [6.45, 7) is 9.06. The van der Waals surface area contributed by atoms with Crippen molar-refractivity contribution in [2.75, 3.05) is 31.1 Å². The number of benzene rings is 1. The van der Waals surface area contributed by atoms with Crippen molar-refractivity contribution in [1.82, 2.24) is 9.88 Å². The van der Waals surface area contributed by atoms with Gasteiger partial charge in [0, 0.05) is 26.2 Å². The third-order valence-electron chi connectivity index (χ3n) is 4.53. The van der Waals surface area contributed by atoms with Gasteiger partial charge in [0.25, 0.3) is 5.91 Å². The second-order valence-corrected chi connectivity index (χ2v) is 8.22. The van der Waals surface area contributed by atoms with Crippen molar-refractivity contribution in [1.29, 1.82) is 5.26 Å². The van der Waals surface area contributed by atoms with Crippen LogP contribution in [-0.2, 0) is 6.42 Å². The smallest absolute Gasteiger partial charge is 0.265 e. The summed E-state index contributed by atoms with van der Waals surface area (Å²) in [4.78, 5) is 22.5. The first-order valence-electron chi connectivity index (χ1n) is 8.99. The lowest BCUT2D eigenvalue weighted by Gasteiger charge is -2.36. The Bertz CT molecular complexity index is 829. The van der Waals surface area contributed by atoms with Crippen LogP contribution in [0.1, 0.15) is 39.8 Å². The van der Waals surface area contributed by atoms with Crippen LogP contribution < -0.4 is 4.90 Å². The Labute approximate surface area is 158 Å². The van der Waals surface area contributed by atoms with Crippen LogP contribution in [-0.4, -0.2) is 42.0 Å². The molecule has 0 N–H and O–H groups in total. The molecule has 3 rings (SSSR count). The van der Waals surface area contributed by atoms with Crippen LogP contribution in [0, 0.1) is 24.2 Å². The van der Waals surface area contributed by atoms with Crippen LogP contribution in [0.3, 0.4) is 0 Å². The average molecular weight is 369 g/mol. The van der Waals surface area contributed by atoms with E-state index in [0.717, 1.165) is 40.8 Å². The van der Waals surface area contributed by atoms with Crippen molar-refractivity contribution < 1.29 is 4.79 Å². The van der Waals surface area contributed by atoms with E-state index in [0.29, 0.717) is 24.6 Å². The van der Waals surface area contributed by atoms with E-state index in [-0.39, 0.29) is 5.91 Å². The SMILES string of the molecule is Cc1nc(CC(C)C)c(C(=O)N2CCN(c3ccccc3C#N)CC2)s1. The van der Waals surface area contributed by atoms with Crippen LogP contribution in [0.15, 0.2) is 24.3 Å². The van der Waals surface area contributed by atoms with Crippen molar-refractivity contribution in [3.8, 4) is 6.07 Å². The summed E-state index contributed by atoms with van der Waals surface area (Å²) in [5.74, 6) is 0.571. The fraction of sp³-hybridized carbons (Fsp3) is 0.450. The number of para-hydroxylation sites is 1. The molecule has 0 spiro atoms. The first-order chi connectivity index (χ1) is 12.5. The van der Waals surface area contributed by atoms with E-state index < -0.39 is 0 Å². The Morgan fingerprint density at radius 3 is 2.62 bits per heavy atom. The van der Waals surface area contributed by atoms with Gasteiger partial charge in [0.15, 0.2) is 0 Å². The van der Waals surface area contributed by atoms with Crippen LogP contribution in [0.25, 0.3) is 0 Å². The van der Waals surface area contributed by atoms with Crippen molar-refractivity contribution in [2.24, 2.45) is 5.92 Å².